The summed E-state index contributed by atoms with van der Waals surface area (Å²) >= 11 is 0. The molecule has 0 aromatic rings. The molecule has 0 heterocycles. The summed E-state index contributed by atoms with van der Waals surface area (Å²) in [5.41, 5.74) is 0.640. The van der Waals surface area contributed by atoms with Crippen LogP contribution >= 0.6 is 0 Å². The third-order valence-electron chi connectivity index (χ3n) is 4.75. The Bertz CT molecular complexity index is 180. The second kappa shape index (κ2) is 3.87. The van der Waals surface area contributed by atoms with Gasteiger partial charge in [0.15, 0.2) is 0 Å². The van der Waals surface area contributed by atoms with E-state index in [-0.39, 0.29) is 0 Å². The molecule has 82 valence electrons. The highest BCUT2D eigenvalue weighted by molar-refractivity contribution is 4.87. The average Bonchev–Trinajstić information content (AvgIpc) is 2.52. The van der Waals surface area contributed by atoms with E-state index in [0.29, 0.717) is 5.41 Å². The van der Waals surface area contributed by atoms with Crippen molar-refractivity contribution in [3.63, 3.8) is 0 Å². The quantitative estimate of drug-likeness (QED) is 0.614. The lowest BCUT2D eigenvalue weighted by Crippen LogP contribution is -2.30. The van der Waals surface area contributed by atoms with Gasteiger partial charge in [-0.05, 0) is 55.3 Å². The molecule has 2 rings (SSSR count). The van der Waals surface area contributed by atoms with E-state index >= 15 is 0 Å². The van der Waals surface area contributed by atoms with E-state index < -0.39 is 0 Å². The van der Waals surface area contributed by atoms with Crippen LogP contribution in [0.4, 0.5) is 0 Å². The number of hydrogen-bond acceptors (Lipinski definition) is 0. The van der Waals surface area contributed by atoms with Gasteiger partial charge >= 0.3 is 0 Å². The van der Waals surface area contributed by atoms with Crippen LogP contribution in [0.3, 0.4) is 0 Å². The predicted octanol–water partition coefficient (Wildman–Crippen LogP) is 4.64. The molecule has 2 aliphatic carbocycles. The van der Waals surface area contributed by atoms with Crippen LogP contribution in [0.1, 0.15) is 65.7 Å². The Morgan fingerprint density at radius 2 is 1.64 bits per heavy atom. The molecule has 0 nitrogen and oxygen atoms in total. The first-order valence-electron chi connectivity index (χ1n) is 6.58. The molecule has 0 bridgehead atoms. The monoisotopic (exact) mass is 194 g/mol. The van der Waals surface area contributed by atoms with E-state index in [9.17, 15) is 0 Å². The third-order valence-corrected chi connectivity index (χ3v) is 4.75. The van der Waals surface area contributed by atoms with Crippen molar-refractivity contribution in [2.75, 3.05) is 0 Å². The van der Waals surface area contributed by atoms with Crippen molar-refractivity contribution >= 4 is 0 Å². The maximum Gasteiger partial charge on any atom is -0.0323 e. The van der Waals surface area contributed by atoms with Gasteiger partial charge in [-0.2, -0.15) is 0 Å². The normalized spacial score (nSPS) is 34.5. The van der Waals surface area contributed by atoms with Crippen molar-refractivity contribution in [3.8, 4) is 0 Å². The molecule has 0 heteroatoms. The Labute approximate surface area is 89.5 Å². The summed E-state index contributed by atoms with van der Waals surface area (Å²) in [7, 11) is 0. The Balaban J connectivity index is 1.82. The van der Waals surface area contributed by atoms with Gasteiger partial charge in [0.1, 0.15) is 0 Å². The van der Waals surface area contributed by atoms with Gasteiger partial charge in [0.05, 0.1) is 0 Å². The Hall–Kier alpha value is 0. The molecule has 0 spiro atoms. The molecule has 14 heavy (non-hydrogen) atoms. The molecular formula is C14H26. The molecule has 0 aliphatic heterocycles. The predicted molar refractivity (Wildman–Crippen MR) is 62.2 cm³/mol. The number of hydrogen-bond donors (Lipinski definition) is 0. The highest BCUT2D eigenvalue weighted by Gasteiger charge is 2.36. The van der Waals surface area contributed by atoms with Gasteiger partial charge in [0.2, 0.25) is 0 Å². The second-order valence-electron chi connectivity index (χ2n) is 6.62. The van der Waals surface area contributed by atoms with Crippen molar-refractivity contribution in [2.45, 2.75) is 65.7 Å². The maximum atomic E-state index is 2.52. The van der Waals surface area contributed by atoms with E-state index in [1.165, 1.54) is 44.9 Å². The Morgan fingerprint density at radius 3 is 2.14 bits per heavy atom. The summed E-state index contributed by atoms with van der Waals surface area (Å²) in [6.45, 7) is 7.44. The van der Waals surface area contributed by atoms with Crippen LogP contribution in [-0.4, -0.2) is 0 Å². The summed E-state index contributed by atoms with van der Waals surface area (Å²) in [6.07, 6.45) is 10.5. The fourth-order valence-electron chi connectivity index (χ4n) is 3.85. The van der Waals surface area contributed by atoms with E-state index in [2.05, 4.69) is 20.8 Å². The van der Waals surface area contributed by atoms with Gasteiger partial charge in [-0.3, -0.25) is 0 Å². The molecule has 0 unspecified atom stereocenters. The van der Waals surface area contributed by atoms with E-state index in [4.69, 9.17) is 0 Å². The minimum absolute atomic E-state index is 0.640. The van der Waals surface area contributed by atoms with Gasteiger partial charge in [0.25, 0.3) is 0 Å². The van der Waals surface area contributed by atoms with Gasteiger partial charge in [-0.1, -0.05) is 33.6 Å². The molecule has 0 atom stereocenters. The topological polar surface area (TPSA) is 0 Å². The molecule has 0 amide bonds. The second-order valence-corrected chi connectivity index (χ2v) is 6.62. The number of rotatable bonds is 3. The van der Waals surface area contributed by atoms with Crippen LogP contribution in [0.2, 0.25) is 0 Å². The fraction of sp³-hybridized carbons (Fsp3) is 1.00. The molecule has 2 saturated carbocycles. The van der Waals surface area contributed by atoms with Crippen LogP contribution in [0.15, 0.2) is 0 Å². The highest BCUT2D eigenvalue weighted by Crippen LogP contribution is 2.48. The smallest absolute Gasteiger partial charge is 0.0323 e. The maximum absolute atomic E-state index is 2.52. The summed E-state index contributed by atoms with van der Waals surface area (Å²) in [5.74, 6) is 3.14. The Kier molecular flexibility index (Phi) is 2.91. The van der Waals surface area contributed by atoms with E-state index in [0.717, 1.165) is 17.8 Å². The van der Waals surface area contributed by atoms with Crippen LogP contribution in [0, 0.1) is 23.2 Å². The van der Waals surface area contributed by atoms with Gasteiger partial charge in [-0.25, -0.2) is 0 Å². The van der Waals surface area contributed by atoms with Crippen LogP contribution in [-0.2, 0) is 0 Å². The molecule has 0 aromatic heterocycles. The van der Waals surface area contributed by atoms with Gasteiger partial charge in [-0.15, -0.1) is 0 Å². The fourth-order valence-corrected chi connectivity index (χ4v) is 3.85. The molecule has 2 aliphatic rings. The van der Waals surface area contributed by atoms with Gasteiger partial charge < -0.3 is 0 Å². The SMILES string of the molecule is CC1CC(CC(C)(C)C2CCCC2)C1. The molecule has 0 radical (unpaired) electrons. The van der Waals surface area contributed by atoms with Crippen molar-refractivity contribution in [1.82, 2.24) is 0 Å². The summed E-state index contributed by atoms with van der Waals surface area (Å²) < 4.78 is 0. The van der Waals surface area contributed by atoms with E-state index in [1.807, 2.05) is 0 Å². The lowest BCUT2D eigenvalue weighted by atomic mass is 9.64. The van der Waals surface area contributed by atoms with Crippen LogP contribution < -0.4 is 0 Å². The molecule has 0 saturated heterocycles. The van der Waals surface area contributed by atoms with Crippen molar-refractivity contribution < 1.29 is 0 Å². The first-order chi connectivity index (χ1) is 6.58. The first-order valence-corrected chi connectivity index (χ1v) is 6.58. The van der Waals surface area contributed by atoms with Crippen molar-refractivity contribution in [2.24, 2.45) is 23.2 Å². The molecule has 0 aromatic carbocycles. The highest BCUT2D eigenvalue weighted by atomic mass is 14.4. The zero-order valence-electron chi connectivity index (χ0n) is 10.2. The van der Waals surface area contributed by atoms with Crippen LogP contribution in [0.25, 0.3) is 0 Å². The lowest BCUT2D eigenvalue weighted by Gasteiger charge is -2.41. The molecule has 2 fully saturated rings. The lowest BCUT2D eigenvalue weighted by molar-refractivity contribution is 0.0964. The summed E-state index contributed by atoms with van der Waals surface area (Å²) in [4.78, 5) is 0. The van der Waals surface area contributed by atoms with Crippen molar-refractivity contribution in [3.05, 3.63) is 0 Å². The molecular weight excluding hydrogens is 168 g/mol. The third kappa shape index (κ3) is 2.15. The van der Waals surface area contributed by atoms with E-state index in [1.54, 1.807) is 0 Å². The van der Waals surface area contributed by atoms with Gasteiger partial charge in [0, 0.05) is 0 Å². The largest absolute Gasteiger partial charge is 0.0625 e. The standard InChI is InChI=1S/C14H26/c1-11-8-12(9-11)10-14(2,3)13-6-4-5-7-13/h11-13H,4-10H2,1-3H3. The summed E-state index contributed by atoms with van der Waals surface area (Å²) in [6, 6.07) is 0. The van der Waals surface area contributed by atoms with Crippen LogP contribution in [0.5, 0.6) is 0 Å². The summed E-state index contributed by atoms with van der Waals surface area (Å²) in [5, 5.41) is 0. The Morgan fingerprint density at radius 1 is 1.07 bits per heavy atom. The minimum Gasteiger partial charge on any atom is -0.0625 e. The zero-order chi connectivity index (χ0) is 10.2. The van der Waals surface area contributed by atoms with Crippen molar-refractivity contribution in [1.29, 1.82) is 0 Å². The molecule has 0 N–H and O–H groups in total. The zero-order valence-corrected chi connectivity index (χ0v) is 10.2. The average molecular weight is 194 g/mol. The first kappa shape index (κ1) is 10.5. The minimum atomic E-state index is 0.640.